The molecular formula is C12H11F3N2S. The normalized spacial score (nSPS) is 12.7. The van der Waals surface area contributed by atoms with Crippen LogP contribution in [0.25, 0.3) is 0 Å². The second-order valence-electron chi connectivity index (χ2n) is 3.83. The summed E-state index contributed by atoms with van der Waals surface area (Å²) in [6, 6.07) is 1.35. The Labute approximate surface area is 106 Å². The van der Waals surface area contributed by atoms with Crippen LogP contribution < -0.4 is 5.32 Å². The first kappa shape index (κ1) is 13.0. The lowest BCUT2D eigenvalue weighted by molar-refractivity contribution is 0.482. The first-order valence-corrected chi connectivity index (χ1v) is 6.22. The number of nitrogens with zero attached hydrogens (tertiary/aromatic N) is 1. The van der Waals surface area contributed by atoms with E-state index in [9.17, 15) is 13.2 Å². The van der Waals surface area contributed by atoms with Crippen LogP contribution in [0, 0.1) is 17.5 Å². The van der Waals surface area contributed by atoms with E-state index in [4.69, 9.17) is 0 Å². The van der Waals surface area contributed by atoms with E-state index in [1.807, 2.05) is 12.3 Å². The Morgan fingerprint density at radius 3 is 2.61 bits per heavy atom. The minimum atomic E-state index is -1.18. The average molecular weight is 272 g/mol. The minimum Gasteiger partial charge on any atom is -0.304 e. The molecule has 0 aliphatic heterocycles. The molecule has 18 heavy (non-hydrogen) atoms. The number of benzene rings is 1. The van der Waals surface area contributed by atoms with E-state index in [1.54, 1.807) is 6.20 Å². The molecule has 1 aromatic carbocycles. The van der Waals surface area contributed by atoms with Gasteiger partial charge in [-0.2, -0.15) is 0 Å². The molecule has 96 valence electrons. The SMILES string of the molecule is CC(NCc1cc(F)c(F)cc1F)c1nccs1. The first-order valence-electron chi connectivity index (χ1n) is 5.34. The van der Waals surface area contributed by atoms with Gasteiger partial charge in [-0.05, 0) is 13.0 Å². The maximum atomic E-state index is 13.4. The van der Waals surface area contributed by atoms with Gasteiger partial charge >= 0.3 is 0 Å². The molecule has 2 rings (SSSR count). The largest absolute Gasteiger partial charge is 0.304 e. The Bertz CT molecular complexity index is 528. The van der Waals surface area contributed by atoms with Crippen molar-refractivity contribution in [3.8, 4) is 0 Å². The van der Waals surface area contributed by atoms with Crippen LogP contribution in [-0.2, 0) is 6.54 Å². The van der Waals surface area contributed by atoms with E-state index in [-0.39, 0.29) is 18.2 Å². The molecule has 0 saturated heterocycles. The maximum Gasteiger partial charge on any atom is 0.161 e. The monoisotopic (exact) mass is 272 g/mol. The quantitative estimate of drug-likeness (QED) is 0.863. The molecule has 1 unspecified atom stereocenters. The van der Waals surface area contributed by atoms with Gasteiger partial charge in [-0.1, -0.05) is 0 Å². The maximum absolute atomic E-state index is 13.4. The van der Waals surface area contributed by atoms with Gasteiger partial charge in [-0.3, -0.25) is 0 Å². The molecule has 2 aromatic rings. The Morgan fingerprint density at radius 1 is 1.22 bits per heavy atom. The van der Waals surface area contributed by atoms with E-state index >= 15 is 0 Å². The summed E-state index contributed by atoms with van der Waals surface area (Å²) in [6.45, 7) is 1.99. The molecule has 0 fully saturated rings. The van der Waals surface area contributed by atoms with Crippen molar-refractivity contribution >= 4 is 11.3 Å². The molecule has 6 heteroatoms. The molecule has 1 heterocycles. The van der Waals surface area contributed by atoms with Crippen LogP contribution in [0.1, 0.15) is 23.5 Å². The lowest BCUT2D eigenvalue weighted by atomic mass is 10.2. The molecule has 0 aliphatic carbocycles. The number of hydrogen-bond donors (Lipinski definition) is 1. The van der Waals surface area contributed by atoms with Crippen molar-refractivity contribution in [2.75, 3.05) is 0 Å². The summed E-state index contributed by atoms with van der Waals surface area (Å²) in [5, 5.41) is 5.71. The lowest BCUT2D eigenvalue weighted by Gasteiger charge is -2.11. The second kappa shape index (κ2) is 5.49. The second-order valence-corrected chi connectivity index (χ2v) is 4.76. The van der Waals surface area contributed by atoms with Crippen LogP contribution >= 0.6 is 11.3 Å². The van der Waals surface area contributed by atoms with Gasteiger partial charge in [0.1, 0.15) is 10.8 Å². The zero-order chi connectivity index (χ0) is 13.1. The van der Waals surface area contributed by atoms with Crippen LogP contribution in [0.15, 0.2) is 23.7 Å². The highest BCUT2D eigenvalue weighted by Crippen LogP contribution is 2.17. The van der Waals surface area contributed by atoms with Crippen molar-refractivity contribution in [2.24, 2.45) is 0 Å². The Hall–Kier alpha value is -1.40. The predicted octanol–water partition coefficient (Wildman–Crippen LogP) is 3.41. The van der Waals surface area contributed by atoms with Gasteiger partial charge in [-0.15, -0.1) is 11.3 Å². The molecule has 0 bridgehead atoms. The molecule has 0 amide bonds. The fourth-order valence-electron chi connectivity index (χ4n) is 1.50. The van der Waals surface area contributed by atoms with E-state index in [0.717, 1.165) is 11.1 Å². The van der Waals surface area contributed by atoms with Crippen molar-refractivity contribution in [3.63, 3.8) is 0 Å². The minimum absolute atomic E-state index is 0.0717. The molecule has 2 nitrogen and oxygen atoms in total. The fraction of sp³-hybridized carbons (Fsp3) is 0.250. The van der Waals surface area contributed by atoms with Crippen molar-refractivity contribution in [1.29, 1.82) is 0 Å². The van der Waals surface area contributed by atoms with Crippen molar-refractivity contribution in [1.82, 2.24) is 10.3 Å². The van der Waals surface area contributed by atoms with Crippen LogP contribution in [0.5, 0.6) is 0 Å². The predicted molar refractivity (Wildman–Crippen MR) is 63.7 cm³/mol. The smallest absolute Gasteiger partial charge is 0.161 e. The summed E-state index contributed by atoms with van der Waals surface area (Å²) in [4.78, 5) is 4.11. The standard InChI is InChI=1S/C12H11F3N2S/c1-7(12-16-2-3-18-12)17-6-8-4-10(14)11(15)5-9(8)13/h2-5,7,17H,6H2,1H3. The average Bonchev–Trinajstić information content (AvgIpc) is 2.85. The fourth-order valence-corrected chi connectivity index (χ4v) is 2.17. The van der Waals surface area contributed by atoms with Crippen LogP contribution in [0.3, 0.4) is 0 Å². The van der Waals surface area contributed by atoms with Crippen molar-refractivity contribution in [3.05, 3.63) is 51.7 Å². The van der Waals surface area contributed by atoms with Gasteiger partial charge in [0.2, 0.25) is 0 Å². The molecule has 1 aromatic heterocycles. The van der Waals surface area contributed by atoms with E-state index in [0.29, 0.717) is 6.07 Å². The van der Waals surface area contributed by atoms with Gasteiger partial charge < -0.3 is 5.32 Å². The van der Waals surface area contributed by atoms with Gasteiger partial charge in [0.05, 0.1) is 6.04 Å². The third kappa shape index (κ3) is 2.88. The molecule has 0 saturated carbocycles. The van der Waals surface area contributed by atoms with E-state index in [1.165, 1.54) is 11.3 Å². The van der Waals surface area contributed by atoms with Gasteiger partial charge in [-0.25, -0.2) is 18.2 Å². The summed E-state index contributed by atoms with van der Waals surface area (Å²) >= 11 is 1.47. The highest BCUT2D eigenvalue weighted by Gasteiger charge is 2.12. The number of thiazole rings is 1. The topological polar surface area (TPSA) is 24.9 Å². The molecule has 1 atom stereocenters. The highest BCUT2D eigenvalue weighted by atomic mass is 32.1. The van der Waals surface area contributed by atoms with Crippen LogP contribution in [-0.4, -0.2) is 4.98 Å². The summed E-state index contributed by atoms with van der Waals surface area (Å²) in [7, 11) is 0. The van der Waals surface area contributed by atoms with Gasteiger partial charge in [0, 0.05) is 29.8 Å². The summed E-state index contributed by atoms with van der Waals surface area (Å²) in [6.07, 6.45) is 1.68. The first-order chi connectivity index (χ1) is 8.58. The zero-order valence-electron chi connectivity index (χ0n) is 9.58. The Morgan fingerprint density at radius 2 is 1.94 bits per heavy atom. The van der Waals surface area contributed by atoms with Crippen molar-refractivity contribution < 1.29 is 13.2 Å². The molecule has 0 radical (unpaired) electrons. The molecule has 0 aliphatic rings. The molecule has 1 N–H and O–H groups in total. The molecule has 0 spiro atoms. The van der Waals surface area contributed by atoms with Gasteiger partial charge in [0.25, 0.3) is 0 Å². The third-order valence-electron chi connectivity index (χ3n) is 2.51. The summed E-state index contributed by atoms with van der Waals surface area (Å²) in [5.41, 5.74) is 0.0947. The summed E-state index contributed by atoms with van der Waals surface area (Å²) < 4.78 is 39.1. The Kier molecular flexibility index (Phi) is 3.98. The number of aromatic nitrogens is 1. The summed E-state index contributed by atoms with van der Waals surface area (Å²) in [5.74, 6) is -2.98. The third-order valence-corrected chi connectivity index (χ3v) is 3.47. The van der Waals surface area contributed by atoms with Gasteiger partial charge in [0.15, 0.2) is 11.6 Å². The van der Waals surface area contributed by atoms with Crippen LogP contribution in [0.2, 0.25) is 0 Å². The highest BCUT2D eigenvalue weighted by molar-refractivity contribution is 7.09. The zero-order valence-corrected chi connectivity index (χ0v) is 10.4. The van der Waals surface area contributed by atoms with Crippen LogP contribution in [0.4, 0.5) is 13.2 Å². The number of nitrogens with one attached hydrogen (secondary N) is 1. The lowest BCUT2D eigenvalue weighted by Crippen LogP contribution is -2.19. The number of halogens is 3. The Balaban J connectivity index is 2.04. The number of hydrogen-bond acceptors (Lipinski definition) is 3. The van der Waals surface area contributed by atoms with E-state index in [2.05, 4.69) is 10.3 Å². The molecular weight excluding hydrogens is 261 g/mol. The van der Waals surface area contributed by atoms with E-state index < -0.39 is 17.5 Å². The van der Waals surface area contributed by atoms with Crippen molar-refractivity contribution in [2.45, 2.75) is 19.5 Å². The number of rotatable bonds is 4.